The van der Waals surface area contributed by atoms with Crippen LogP contribution >= 0.6 is 0 Å². The normalized spacial score (nSPS) is 21.6. The minimum atomic E-state index is 0.167. The molecule has 3 aromatic heterocycles. The molecule has 0 radical (unpaired) electrons. The van der Waals surface area contributed by atoms with E-state index >= 15 is 0 Å². The number of anilines is 2. The third-order valence-corrected chi connectivity index (χ3v) is 6.16. The van der Waals surface area contributed by atoms with Gasteiger partial charge >= 0.3 is 0 Å². The van der Waals surface area contributed by atoms with Crippen LogP contribution in [0.15, 0.2) is 30.7 Å². The molecule has 3 N–H and O–H groups in total. The maximum Gasteiger partial charge on any atom is 0.229 e. The average molecular weight is 409 g/mol. The van der Waals surface area contributed by atoms with E-state index < -0.39 is 0 Å². The van der Waals surface area contributed by atoms with Gasteiger partial charge in [-0.05, 0) is 37.7 Å². The number of nitrogens with one attached hydrogen (secondary N) is 2. The van der Waals surface area contributed by atoms with E-state index in [1.807, 2.05) is 12.3 Å². The van der Waals surface area contributed by atoms with Crippen LogP contribution in [-0.4, -0.2) is 37.3 Å². The molecule has 0 spiro atoms. The van der Waals surface area contributed by atoms with E-state index in [0.29, 0.717) is 24.4 Å². The third-order valence-electron chi connectivity index (χ3n) is 6.16. The lowest BCUT2D eigenvalue weighted by Gasteiger charge is -2.30. The first-order valence-electron chi connectivity index (χ1n) is 10.8. The summed E-state index contributed by atoms with van der Waals surface area (Å²) in [6, 6.07) is 3.79. The molecule has 3 heterocycles. The van der Waals surface area contributed by atoms with Crippen molar-refractivity contribution in [1.29, 1.82) is 0 Å². The second-order valence-electron chi connectivity index (χ2n) is 8.38. The van der Waals surface area contributed by atoms with Crippen molar-refractivity contribution in [3.05, 3.63) is 47.1 Å². The van der Waals surface area contributed by atoms with E-state index in [2.05, 4.69) is 15.7 Å². The van der Waals surface area contributed by atoms with Crippen LogP contribution in [-0.2, 0) is 6.54 Å². The summed E-state index contributed by atoms with van der Waals surface area (Å²) in [5.74, 6) is 1.89. The highest BCUT2D eigenvalue weighted by Gasteiger charge is 2.29. The van der Waals surface area contributed by atoms with Crippen LogP contribution in [0, 0.1) is 11.1 Å². The zero-order valence-corrected chi connectivity index (χ0v) is 16.9. The number of hydrogen-bond donors (Lipinski definition) is 3. The van der Waals surface area contributed by atoms with Crippen LogP contribution in [0.4, 0.5) is 11.9 Å². The van der Waals surface area contributed by atoms with Crippen LogP contribution < -0.4 is 15.4 Å². The first-order valence-corrected chi connectivity index (χ1v) is 10.8. The van der Waals surface area contributed by atoms with Crippen molar-refractivity contribution in [2.45, 2.75) is 57.0 Å². The lowest BCUT2D eigenvalue weighted by atomic mass is 9.85. The molecule has 0 aliphatic heterocycles. The average Bonchev–Trinajstić information content (AvgIpc) is 3.51. The fourth-order valence-corrected chi connectivity index (χ4v) is 4.32. The van der Waals surface area contributed by atoms with Gasteiger partial charge in [-0.1, -0.05) is 12.8 Å². The van der Waals surface area contributed by atoms with Gasteiger partial charge in [-0.3, -0.25) is 0 Å². The van der Waals surface area contributed by atoms with Gasteiger partial charge in [0.15, 0.2) is 18.0 Å². The van der Waals surface area contributed by atoms with Gasteiger partial charge in [0.2, 0.25) is 11.9 Å². The molecule has 3 aromatic rings. The zero-order chi connectivity index (χ0) is 20.5. The number of nitrogens with zero attached hydrogens (tertiary/aromatic N) is 5. The summed E-state index contributed by atoms with van der Waals surface area (Å²) in [6.45, 7) is 0.629. The van der Waals surface area contributed by atoms with Crippen LogP contribution in [0.3, 0.4) is 0 Å². The summed E-state index contributed by atoms with van der Waals surface area (Å²) in [6.07, 6.45) is 11.5. The van der Waals surface area contributed by atoms with Gasteiger partial charge in [-0.2, -0.15) is 24.3 Å². The Morgan fingerprint density at radius 3 is 2.87 bits per heavy atom. The summed E-state index contributed by atoms with van der Waals surface area (Å²) in [5.41, 5.74) is 2.83. The standard InChI is InChI=1S/C21H27N7O2/c29-13-16-5-1-2-6-18(16)24-20-25-19-17(15-7-8-15)11-23-28(19)21(26-20)22-10-14-4-3-9-27(30)12-14/h3-4,9,11-12,15-16,18,29H,1-2,5-8,10,13H2,(H2,22,24,25,26). The molecule has 158 valence electrons. The molecule has 2 saturated carbocycles. The van der Waals surface area contributed by atoms with Crippen molar-refractivity contribution < 1.29 is 9.84 Å². The number of fused-ring (bicyclic) bond motifs is 1. The van der Waals surface area contributed by atoms with Gasteiger partial charge in [-0.25, -0.2) is 0 Å². The van der Waals surface area contributed by atoms with Crippen molar-refractivity contribution in [2.75, 3.05) is 17.2 Å². The number of hydrogen-bond acceptors (Lipinski definition) is 7. The molecule has 0 amide bonds. The Morgan fingerprint density at radius 2 is 2.07 bits per heavy atom. The number of aliphatic hydroxyl groups excluding tert-OH is 1. The molecule has 2 aliphatic rings. The lowest BCUT2D eigenvalue weighted by molar-refractivity contribution is -0.605. The van der Waals surface area contributed by atoms with E-state index in [1.165, 1.54) is 25.2 Å². The minimum Gasteiger partial charge on any atom is -0.619 e. The smallest absolute Gasteiger partial charge is 0.229 e. The highest BCUT2D eigenvalue weighted by molar-refractivity contribution is 5.57. The van der Waals surface area contributed by atoms with Crippen molar-refractivity contribution in [1.82, 2.24) is 19.6 Å². The zero-order valence-electron chi connectivity index (χ0n) is 16.9. The Hall–Kier alpha value is -2.94. The highest BCUT2D eigenvalue weighted by atomic mass is 16.5. The highest BCUT2D eigenvalue weighted by Crippen LogP contribution is 2.42. The lowest BCUT2D eigenvalue weighted by Crippen LogP contribution is -2.35. The van der Waals surface area contributed by atoms with Gasteiger partial charge in [0.1, 0.15) is 0 Å². The molecule has 0 saturated heterocycles. The SMILES string of the molecule is [O-][n+]1cccc(CNc2nc(NC3CCCCC3CO)nc3c(C4CC4)cnn23)c1. The Kier molecular flexibility index (Phi) is 5.12. The first-order chi connectivity index (χ1) is 14.7. The van der Waals surface area contributed by atoms with Crippen LogP contribution in [0.5, 0.6) is 0 Å². The van der Waals surface area contributed by atoms with Gasteiger partial charge in [0, 0.05) is 42.3 Å². The number of aliphatic hydroxyl groups is 1. The van der Waals surface area contributed by atoms with E-state index in [9.17, 15) is 10.3 Å². The Morgan fingerprint density at radius 1 is 1.20 bits per heavy atom. The van der Waals surface area contributed by atoms with E-state index in [4.69, 9.17) is 9.97 Å². The second-order valence-corrected chi connectivity index (χ2v) is 8.38. The van der Waals surface area contributed by atoms with Crippen LogP contribution in [0.1, 0.15) is 55.6 Å². The molecule has 0 bridgehead atoms. The molecule has 5 rings (SSSR count). The monoisotopic (exact) mass is 409 g/mol. The summed E-state index contributed by atoms with van der Waals surface area (Å²) in [4.78, 5) is 9.49. The molecular formula is C21H27N7O2. The fraction of sp³-hybridized carbons (Fsp3) is 0.524. The molecule has 2 unspecified atom stereocenters. The maximum absolute atomic E-state index is 11.5. The van der Waals surface area contributed by atoms with E-state index in [-0.39, 0.29) is 18.6 Å². The summed E-state index contributed by atoms with van der Waals surface area (Å²) < 4.78 is 2.54. The Labute approximate surface area is 174 Å². The molecular weight excluding hydrogens is 382 g/mol. The van der Waals surface area contributed by atoms with Gasteiger partial charge in [0.05, 0.1) is 6.20 Å². The maximum atomic E-state index is 11.5. The summed E-state index contributed by atoms with van der Waals surface area (Å²) >= 11 is 0. The molecule has 30 heavy (non-hydrogen) atoms. The van der Waals surface area contributed by atoms with Crippen LogP contribution in [0.2, 0.25) is 0 Å². The molecule has 9 heteroatoms. The first kappa shape index (κ1) is 19.0. The van der Waals surface area contributed by atoms with Gasteiger partial charge in [0.25, 0.3) is 0 Å². The molecule has 2 fully saturated rings. The van der Waals surface area contributed by atoms with Crippen molar-refractivity contribution in [3.63, 3.8) is 0 Å². The van der Waals surface area contributed by atoms with Crippen molar-refractivity contribution in [2.24, 2.45) is 5.92 Å². The third kappa shape index (κ3) is 3.89. The molecule has 0 aromatic carbocycles. The predicted molar refractivity (Wildman–Crippen MR) is 112 cm³/mol. The summed E-state index contributed by atoms with van der Waals surface area (Å²) in [5, 5.41) is 32.6. The molecule has 2 atom stereocenters. The molecule has 2 aliphatic carbocycles. The predicted octanol–water partition coefficient (Wildman–Crippen LogP) is 2.21. The van der Waals surface area contributed by atoms with Crippen molar-refractivity contribution in [3.8, 4) is 0 Å². The Balaban J connectivity index is 1.45. The molecule has 9 nitrogen and oxygen atoms in total. The van der Waals surface area contributed by atoms with E-state index in [0.717, 1.165) is 47.2 Å². The van der Waals surface area contributed by atoms with Gasteiger partial charge in [-0.15, -0.1) is 0 Å². The number of aromatic nitrogens is 5. The number of rotatable bonds is 7. The topological polar surface area (TPSA) is 114 Å². The minimum absolute atomic E-state index is 0.167. The van der Waals surface area contributed by atoms with Gasteiger partial charge < -0.3 is 20.9 Å². The fourth-order valence-electron chi connectivity index (χ4n) is 4.32. The van der Waals surface area contributed by atoms with E-state index in [1.54, 1.807) is 10.6 Å². The quantitative estimate of drug-likeness (QED) is 0.405. The summed E-state index contributed by atoms with van der Waals surface area (Å²) in [7, 11) is 0. The largest absolute Gasteiger partial charge is 0.619 e. The second kappa shape index (κ2) is 8.06. The number of pyridine rings is 1. The van der Waals surface area contributed by atoms with Crippen LogP contribution in [0.25, 0.3) is 5.65 Å². The Bertz CT molecular complexity index is 1030. The van der Waals surface area contributed by atoms with Crippen molar-refractivity contribution >= 4 is 17.5 Å².